The normalized spacial score (nSPS) is 17.3. The van der Waals surface area contributed by atoms with E-state index in [0.29, 0.717) is 22.4 Å². The maximum atomic E-state index is 12.8. The molecule has 1 aromatic heterocycles. The molecule has 3 rings (SSSR count). The average Bonchev–Trinajstić information content (AvgIpc) is 2.65. The molecule has 0 radical (unpaired) electrons. The van der Waals surface area contributed by atoms with Gasteiger partial charge in [0.1, 0.15) is 6.20 Å². The van der Waals surface area contributed by atoms with Crippen LogP contribution in [0.4, 0.5) is 5.82 Å². The minimum atomic E-state index is -0.0146. The molecule has 1 atom stereocenters. The van der Waals surface area contributed by atoms with E-state index in [1.54, 1.807) is 13.0 Å². The molecule has 6 heteroatoms. The molecule has 0 bridgehead atoms. The van der Waals surface area contributed by atoms with Gasteiger partial charge in [-0.3, -0.25) is 9.69 Å². The Balaban J connectivity index is 1.80. The van der Waals surface area contributed by atoms with Crippen molar-refractivity contribution in [3.8, 4) is 0 Å². The predicted octanol–water partition coefficient (Wildman–Crippen LogP) is 4.12. The first-order valence-electron chi connectivity index (χ1n) is 9.48. The number of aromatic nitrogens is 1. The number of rotatable bonds is 5. The molecule has 5 nitrogen and oxygen atoms in total. The molecule has 0 aliphatic carbocycles. The van der Waals surface area contributed by atoms with Crippen molar-refractivity contribution < 1.29 is 4.79 Å². The molecular weight excluding hydrogens is 372 g/mol. The monoisotopic (exact) mass is 396 g/mol. The largest absolute Gasteiger partial charge is 0.360 e. The van der Waals surface area contributed by atoms with Gasteiger partial charge in [-0.15, -0.1) is 4.98 Å². The van der Waals surface area contributed by atoms with Gasteiger partial charge in [0.05, 0.1) is 5.56 Å². The van der Waals surface area contributed by atoms with E-state index < -0.39 is 0 Å². The minimum absolute atomic E-state index is 0.0146. The van der Waals surface area contributed by atoms with Gasteiger partial charge in [0.25, 0.3) is 5.82 Å². The Morgan fingerprint density at radius 2 is 2.11 bits per heavy atom. The molecule has 2 aromatic rings. The van der Waals surface area contributed by atoms with Crippen molar-refractivity contribution in [3.63, 3.8) is 0 Å². The van der Waals surface area contributed by atoms with Gasteiger partial charge in [0, 0.05) is 43.7 Å². The van der Waals surface area contributed by atoms with Gasteiger partial charge in [0.15, 0.2) is 5.78 Å². The van der Waals surface area contributed by atoms with E-state index in [2.05, 4.69) is 33.9 Å². The van der Waals surface area contributed by atoms with Crippen molar-refractivity contribution in [1.29, 1.82) is 0 Å². The first-order valence-corrected chi connectivity index (χ1v) is 9.86. The molecule has 146 valence electrons. The van der Waals surface area contributed by atoms with Crippen LogP contribution in [-0.4, -0.2) is 41.3 Å². The lowest BCUT2D eigenvalue weighted by molar-refractivity contribution is 0.0992. The number of halogens is 1. The second kappa shape index (κ2) is 8.83. The number of ketones is 1. The van der Waals surface area contributed by atoms with E-state index in [1.807, 2.05) is 12.1 Å². The van der Waals surface area contributed by atoms with Crippen LogP contribution in [0.1, 0.15) is 39.5 Å². The van der Waals surface area contributed by atoms with Crippen molar-refractivity contribution in [2.45, 2.75) is 39.8 Å². The first kappa shape index (κ1) is 20.5. The van der Waals surface area contributed by atoms with E-state index in [9.17, 15) is 4.79 Å². The molecular formula is C22H25ClN4O. The van der Waals surface area contributed by atoms with Gasteiger partial charge in [-0.1, -0.05) is 24.2 Å². The number of nitrogens with zero attached hydrogens (tertiary/aromatic N) is 3. The number of Topliss-reactive ketones (excluding diaryl/α,β-unsaturated/α-hetero) is 1. The quantitative estimate of drug-likeness (QED) is 0.610. The van der Waals surface area contributed by atoms with Crippen molar-refractivity contribution >= 4 is 23.2 Å². The molecule has 0 amide bonds. The topological polar surface area (TPSA) is 49.6 Å². The number of pyridine rings is 1. The van der Waals surface area contributed by atoms with Crippen LogP contribution in [-0.2, 0) is 13.0 Å². The number of hydrogen-bond acceptors (Lipinski definition) is 4. The highest BCUT2D eigenvalue weighted by Crippen LogP contribution is 2.24. The van der Waals surface area contributed by atoms with E-state index >= 15 is 0 Å². The van der Waals surface area contributed by atoms with Crippen LogP contribution < -0.4 is 5.32 Å². The van der Waals surface area contributed by atoms with Gasteiger partial charge in [-0.05, 0) is 55.2 Å². The number of hydrogen-bond donors (Lipinski definition) is 1. The number of aryl methyl sites for hydroxylation is 1. The Hall–Kier alpha value is -2.26. The van der Waals surface area contributed by atoms with Crippen molar-refractivity contribution in [2.75, 3.05) is 19.6 Å². The Bertz CT molecular complexity index is 935. The predicted molar refractivity (Wildman–Crippen MR) is 112 cm³/mol. The second-order valence-electron chi connectivity index (χ2n) is 7.52. The van der Waals surface area contributed by atoms with Gasteiger partial charge in [0.2, 0.25) is 0 Å². The number of piperazine rings is 1. The lowest BCUT2D eigenvalue weighted by Crippen LogP contribution is -2.48. The van der Waals surface area contributed by atoms with Crippen molar-refractivity contribution in [3.05, 3.63) is 68.7 Å². The highest BCUT2D eigenvalue weighted by atomic mass is 35.5. The summed E-state index contributed by atoms with van der Waals surface area (Å²) in [7, 11) is 0. The van der Waals surface area contributed by atoms with Crippen LogP contribution in [0, 0.1) is 20.4 Å². The van der Waals surface area contributed by atoms with E-state index in [1.165, 1.54) is 11.8 Å². The standard InChI is InChI=1S/C22H25ClN4O/c1-14-7-18(11-26-22(14)24-4)21(28)10-17-8-20(23)9-19(16(17)3)13-27-6-5-25-15(2)12-27/h7-9,11,15,25H,5-6,10,12-13H2,1-3H3/t15-/m0/s1. The summed E-state index contributed by atoms with van der Waals surface area (Å²) in [5.74, 6) is 0.322. The summed E-state index contributed by atoms with van der Waals surface area (Å²) in [6.45, 7) is 17.0. The summed E-state index contributed by atoms with van der Waals surface area (Å²) < 4.78 is 0. The third-order valence-electron chi connectivity index (χ3n) is 5.26. The van der Waals surface area contributed by atoms with Crippen LogP contribution in [0.2, 0.25) is 5.02 Å². The van der Waals surface area contributed by atoms with Gasteiger partial charge in [-0.25, -0.2) is 0 Å². The van der Waals surface area contributed by atoms with E-state index in [4.69, 9.17) is 18.2 Å². The lowest BCUT2D eigenvalue weighted by Gasteiger charge is -2.32. The second-order valence-corrected chi connectivity index (χ2v) is 7.95. The number of nitrogens with one attached hydrogen (secondary N) is 1. The zero-order valence-electron chi connectivity index (χ0n) is 16.6. The fourth-order valence-electron chi connectivity index (χ4n) is 3.65. The summed E-state index contributed by atoms with van der Waals surface area (Å²) in [5.41, 5.74) is 4.48. The zero-order chi connectivity index (χ0) is 20.3. The Morgan fingerprint density at radius 1 is 1.36 bits per heavy atom. The molecule has 0 spiro atoms. The molecule has 2 heterocycles. The zero-order valence-corrected chi connectivity index (χ0v) is 17.3. The number of benzene rings is 1. The molecule has 1 aliphatic rings. The lowest BCUT2D eigenvalue weighted by atomic mass is 9.95. The minimum Gasteiger partial charge on any atom is -0.360 e. The molecule has 1 aliphatic heterocycles. The van der Waals surface area contributed by atoms with Crippen LogP contribution in [0.15, 0.2) is 24.4 Å². The van der Waals surface area contributed by atoms with Gasteiger partial charge < -0.3 is 10.2 Å². The summed E-state index contributed by atoms with van der Waals surface area (Å²) in [4.78, 5) is 22.7. The molecule has 0 unspecified atom stereocenters. The fraction of sp³-hybridized carbons (Fsp3) is 0.409. The molecule has 1 saturated heterocycles. The van der Waals surface area contributed by atoms with Crippen LogP contribution >= 0.6 is 11.6 Å². The molecule has 28 heavy (non-hydrogen) atoms. The highest BCUT2D eigenvalue weighted by molar-refractivity contribution is 6.30. The average molecular weight is 397 g/mol. The van der Waals surface area contributed by atoms with E-state index in [0.717, 1.165) is 42.9 Å². The Kier molecular flexibility index (Phi) is 6.46. The SMILES string of the molecule is [C-]#[N+]c1ncc(C(=O)Cc2cc(Cl)cc(CN3CCN[C@@H](C)C3)c2C)cc1C. The summed E-state index contributed by atoms with van der Waals surface area (Å²) in [5, 5.41) is 4.11. The summed E-state index contributed by atoms with van der Waals surface area (Å²) >= 11 is 6.37. The van der Waals surface area contributed by atoms with Crippen LogP contribution in [0.5, 0.6) is 0 Å². The van der Waals surface area contributed by atoms with Gasteiger partial charge in [-0.2, -0.15) is 0 Å². The number of carbonyl (C=O) groups excluding carboxylic acids is 1. The maximum absolute atomic E-state index is 12.8. The third kappa shape index (κ3) is 4.77. The van der Waals surface area contributed by atoms with Crippen LogP contribution in [0.25, 0.3) is 4.85 Å². The molecule has 1 fully saturated rings. The Morgan fingerprint density at radius 3 is 2.79 bits per heavy atom. The van der Waals surface area contributed by atoms with Crippen molar-refractivity contribution in [2.24, 2.45) is 0 Å². The Labute approximate surface area is 171 Å². The third-order valence-corrected chi connectivity index (χ3v) is 5.48. The van der Waals surface area contributed by atoms with Crippen LogP contribution in [0.3, 0.4) is 0 Å². The molecule has 0 saturated carbocycles. The number of carbonyl (C=O) groups is 1. The summed E-state index contributed by atoms with van der Waals surface area (Å²) in [6.07, 6.45) is 1.77. The maximum Gasteiger partial charge on any atom is 0.272 e. The molecule has 1 N–H and O–H groups in total. The first-order chi connectivity index (χ1) is 13.4. The smallest absolute Gasteiger partial charge is 0.272 e. The van der Waals surface area contributed by atoms with Crippen molar-refractivity contribution in [1.82, 2.24) is 15.2 Å². The fourth-order valence-corrected chi connectivity index (χ4v) is 3.92. The highest BCUT2D eigenvalue weighted by Gasteiger charge is 2.19. The van der Waals surface area contributed by atoms with Gasteiger partial charge >= 0.3 is 0 Å². The summed E-state index contributed by atoms with van der Waals surface area (Å²) in [6, 6.07) is 6.11. The van der Waals surface area contributed by atoms with E-state index in [-0.39, 0.29) is 12.2 Å². The molecule has 1 aromatic carbocycles.